The molecule has 4 saturated heterocycles. The lowest BCUT2D eigenvalue weighted by molar-refractivity contribution is -0.341. The third kappa shape index (κ3) is 25.9. The molecule has 0 aliphatic carbocycles. The van der Waals surface area contributed by atoms with Crippen LogP contribution >= 0.6 is 23.5 Å². The molecule has 582 valence electrons. The van der Waals surface area contributed by atoms with Gasteiger partial charge in [-0.15, -0.1) is 0 Å². The summed E-state index contributed by atoms with van der Waals surface area (Å²) in [4.78, 5) is 204. The van der Waals surface area contributed by atoms with Crippen LogP contribution < -0.4 is 10.6 Å². The van der Waals surface area contributed by atoms with Gasteiger partial charge in [0.1, 0.15) is 73.9 Å². The van der Waals surface area contributed by atoms with Crippen LogP contribution in [0.2, 0.25) is 0 Å². The highest BCUT2D eigenvalue weighted by atomic mass is 32.2. The fraction of sp³-hybridized carbons (Fsp3) is 0.576. The van der Waals surface area contributed by atoms with E-state index in [4.69, 9.17) is 94.7 Å². The van der Waals surface area contributed by atoms with Crippen LogP contribution in [0.15, 0.2) is 58.3 Å². The number of esters is 14. The highest BCUT2D eigenvalue weighted by Gasteiger charge is 2.60. The second-order valence-corrected chi connectivity index (χ2v) is 25.9. The summed E-state index contributed by atoms with van der Waals surface area (Å²) in [6.07, 6.45) is -30.3. The smallest absolute Gasteiger partial charge is 0.314 e. The maximum absolute atomic E-state index is 13.5. The van der Waals surface area contributed by atoms with E-state index in [2.05, 4.69) is 10.6 Å². The second kappa shape index (κ2) is 39.7. The molecule has 106 heavy (non-hydrogen) atoms. The molecule has 0 saturated carbocycles. The van der Waals surface area contributed by atoms with E-state index in [1.807, 2.05) is 0 Å². The standard InChI is InChI=1S/C66H80N2O36S2/c1-27(69)85-23-45-49(89-31(5)73)53(91-33(7)75)57(95-37(11)79)63(99-45)103-51-47(25-87-29(3)71)101-65(59(97-39(13)81)55(51)93-35(9)77)105-43-19-15-41(16-20-43)67-61(83)62(84)68-42-17-21-44(22-18-42)106-66-60(98-40(14)82)56(94-36(10)78)52(48(102-66)26-88-30(4)72)104-64-58(96-38(12)80)54(92-34(8)76)50(90-32(6)74)46(100-64)24-86-28(2)70/h15-22,45-60,63-66H,23-26H2,1-14H3,(H,67,83)(H,68,84)/t45-,46-,47-,48-,49-,50-,51-,52-,53+,54+,55+,56+,57-,58-,59-,60-,63+,64+,65+,66+/m1/s1. The minimum atomic E-state index is -1.92. The molecule has 0 aromatic heterocycles. The first-order chi connectivity index (χ1) is 49.8. The van der Waals surface area contributed by atoms with Crippen molar-refractivity contribution >= 4 is 130 Å². The Morgan fingerprint density at radius 1 is 0.274 bits per heavy atom. The fourth-order valence-electron chi connectivity index (χ4n) is 11.0. The maximum atomic E-state index is 13.5. The van der Waals surface area contributed by atoms with E-state index in [0.717, 1.165) is 120 Å². The number of hydrogen-bond donors (Lipinski definition) is 2. The molecule has 4 aliphatic rings. The van der Waals surface area contributed by atoms with Crippen molar-refractivity contribution in [1.29, 1.82) is 0 Å². The average Bonchev–Trinajstić information content (AvgIpc) is 0.772. The van der Waals surface area contributed by atoms with Crippen LogP contribution in [0.1, 0.15) is 96.9 Å². The predicted molar refractivity (Wildman–Crippen MR) is 348 cm³/mol. The summed E-state index contributed by atoms with van der Waals surface area (Å²) < 4.78 is 115. The van der Waals surface area contributed by atoms with Crippen LogP contribution in [0, 0.1) is 0 Å². The summed E-state index contributed by atoms with van der Waals surface area (Å²) >= 11 is 1.74. The zero-order valence-electron chi connectivity index (χ0n) is 59.5. The van der Waals surface area contributed by atoms with E-state index in [1.165, 1.54) is 48.5 Å². The van der Waals surface area contributed by atoms with E-state index < -0.39 is 243 Å². The quantitative estimate of drug-likeness (QED) is 0.0695. The Labute approximate surface area is 612 Å². The number of anilines is 2. The number of rotatable bonds is 28. The third-order valence-electron chi connectivity index (χ3n) is 14.7. The highest BCUT2D eigenvalue weighted by Crippen LogP contribution is 2.43. The van der Waals surface area contributed by atoms with E-state index in [1.54, 1.807) is 0 Å². The summed E-state index contributed by atoms with van der Waals surface area (Å²) in [5.74, 6) is -15.2. The van der Waals surface area contributed by atoms with Gasteiger partial charge in [0.05, 0.1) is 0 Å². The second-order valence-electron chi connectivity index (χ2n) is 23.5. The Morgan fingerprint density at radius 2 is 0.491 bits per heavy atom. The molecule has 4 fully saturated rings. The summed E-state index contributed by atoms with van der Waals surface area (Å²) in [5.41, 5.74) is -2.61. The molecule has 0 spiro atoms. The predicted octanol–water partition coefficient (Wildman–Crippen LogP) is 1.69. The molecule has 2 aromatic rings. The molecule has 4 heterocycles. The van der Waals surface area contributed by atoms with Crippen LogP contribution in [-0.4, -0.2) is 243 Å². The zero-order valence-corrected chi connectivity index (χ0v) is 61.1. The number of benzene rings is 2. The van der Waals surface area contributed by atoms with Crippen molar-refractivity contribution in [3.05, 3.63) is 48.5 Å². The van der Waals surface area contributed by atoms with Crippen molar-refractivity contribution in [2.24, 2.45) is 0 Å². The van der Waals surface area contributed by atoms with Crippen molar-refractivity contribution < 1.29 is 171 Å². The first kappa shape index (κ1) is 85.3. The number of amides is 2. The minimum absolute atomic E-state index is 0.0701. The molecule has 2 N–H and O–H groups in total. The number of carbonyl (C=O) groups excluding carboxylic acids is 16. The van der Waals surface area contributed by atoms with Crippen molar-refractivity contribution in [2.45, 2.75) is 228 Å². The summed E-state index contributed by atoms with van der Waals surface area (Å²) in [5, 5.41) is 4.92. The van der Waals surface area contributed by atoms with Crippen LogP contribution in [-0.2, 0) is 171 Å². The van der Waals surface area contributed by atoms with Gasteiger partial charge < -0.3 is 105 Å². The van der Waals surface area contributed by atoms with E-state index >= 15 is 0 Å². The van der Waals surface area contributed by atoms with E-state index in [-0.39, 0.29) is 11.4 Å². The highest BCUT2D eigenvalue weighted by molar-refractivity contribution is 8.00. The van der Waals surface area contributed by atoms with Gasteiger partial charge in [-0.05, 0) is 48.5 Å². The topological polar surface area (TPSA) is 482 Å². The van der Waals surface area contributed by atoms with E-state index in [9.17, 15) is 76.7 Å². The number of thioether (sulfide) groups is 2. The Hall–Kier alpha value is -9.58. The number of carbonyl (C=O) groups is 16. The molecule has 20 atom stereocenters. The van der Waals surface area contributed by atoms with Crippen LogP contribution in [0.25, 0.3) is 0 Å². The summed E-state index contributed by atoms with van der Waals surface area (Å²) in [7, 11) is 0. The molecular weight excluding hydrogens is 1460 g/mol. The first-order valence-corrected chi connectivity index (χ1v) is 34.0. The van der Waals surface area contributed by atoms with Crippen molar-refractivity contribution in [2.75, 3.05) is 37.1 Å². The molecule has 38 nitrogen and oxygen atoms in total. The summed E-state index contributed by atoms with van der Waals surface area (Å²) in [6.45, 7) is 11.7. The molecule has 6 rings (SSSR count). The van der Waals surface area contributed by atoms with Gasteiger partial charge >= 0.3 is 95.4 Å². The maximum Gasteiger partial charge on any atom is 0.314 e. The molecule has 0 bridgehead atoms. The lowest BCUT2D eigenvalue weighted by Gasteiger charge is -2.48. The Morgan fingerprint density at radius 3 is 0.736 bits per heavy atom. The van der Waals surface area contributed by atoms with Crippen molar-refractivity contribution in [3.8, 4) is 0 Å². The normalized spacial score (nSPS) is 28.1. The molecular formula is C66H80N2O36S2. The van der Waals surface area contributed by atoms with Gasteiger partial charge in [0.2, 0.25) is 0 Å². The largest absolute Gasteiger partial charge is 0.463 e. The van der Waals surface area contributed by atoms with Gasteiger partial charge in [-0.25, -0.2) is 0 Å². The Bertz CT molecular complexity index is 3330. The Kier molecular flexibility index (Phi) is 31.9. The summed E-state index contributed by atoms with van der Waals surface area (Å²) in [6, 6.07) is 11.3. The van der Waals surface area contributed by atoms with Gasteiger partial charge in [-0.1, -0.05) is 23.5 Å². The van der Waals surface area contributed by atoms with Gasteiger partial charge in [0.25, 0.3) is 0 Å². The SMILES string of the molecule is CC(=O)OC[C@H]1O[C@@H](Sc2ccc(NC(=O)C(=O)Nc3ccc(S[C@@H]4O[C@H](COC(C)=O)[C@@H](O[C@@H]5O[C@H](COC(C)=O)[C@@H](OC(C)=O)[C@H](OC(C)=O)[C@H]5OC(C)=O)[C@H](OC(C)=O)[C@H]4OC(C)=O)cc3)cc2)[C@H](OC(C)=O)[C@@H](OC(C)=O)[C@@H]1O[C@@H]1O[C@H](COC(C)=O)[C@@H](OC(C)=O)[C@H](OC(C)=O)[C@H]1OC(C)=O. The van der Waals surface area contributed by atoms with Crippen molar-refractivity contribution in [1.82, 2.24) is 0 Å². The van der Waals surface area contributed by atoms with Gasteiger partial charge in [0.15, 0.2) is 73.6 Å². The number of hydrogen-bond acceptors (Lipinski definition) is 38. The zero-order chi connectivity index (χ0) is 78.5. The monoisotopic (exact) mass is 1540 g/mol. The lowest BCUT2D eigenvalue weighted by Crippen LogP contribution is -2.66. The Balaban J connectivity index is 1.22. The van der Waals surface area contributed by atoms with Crippen LogP contribution in [0.3, 0.4) is 0 Å². The number of ether oxygens (including phenoxy) is 20. The first-order valence-electron chi connectivity index (χ1n) is 32.2. The third-order valence-corrected chi connectivity index (χ3v) is 17.0. The molecule has 2 aromatic carbocycles. The van der Waals surface area contributed by atoms with E-state index in [0.29, 0.717) is 9.79 Å². The lowest BCUT2D eigenvalue weighted by atomic mass is 9.96. The fourth-order valence-corrected chi connectivity index (χ4v) is 13.2. The van der Waals surface area contributed by atoms with Crippen LogP contribution in [0.4, 0.5) is 11.4 Å². The minimum Gasteiger partial charge on any atom is -0.463 e. The van der Waals surface area contributed by atoms with Crippen LogP contribution in [0.5, 0.6) is 0 Å². The average molecular weight is 1540 g/mol. The van der Waals surface area contributed by atoms with Gasteiger partial charge in [-0.2, -0.15) is 0 Å². The molecule has 0 radical (unpaired) electrons. The van der Waals surface area contributed by atoms with Gasteiger partial charge in [-0.3, -0.25) is 76.7 Å². The molecule has 4 aliphatic heterocycles. The molecule has 40 heteroatoms. The van der Waals surface area contributed by atoms with Crippen molar-refractivity contribution in [3.63, 3.8) is 0 Å². The van der Waals surface area contributed by atoms with Gasteiger partial charge in [0, 0.05) is 118 Å². The number of nitrogens with one attached hydrogen (secondary N) is 2. The molecule has 0 unspecified atom stereocenters. The molecule has 2 amide bonds.